The highest BCUT2D eigenvalue weighted by molar-refractivity contribution is 7.89. The first kappa shape index (κ1) is 22.3. The van der Waals surface area contributed by atoms with Crippen molar-refractivity contribution in [2.45, 2.75) is 11.3 Å². The molecular formula is C23H21N3O6S. The van der Waals surface area contributed by atoms with Crippen molar-refractivity contribution in [2.75, 3.05) is 24.0 Å². The maximum absolute atomic E-state index is 12.8. The van der Waals surface area contributed by atoms with Crippen molar-refractivity contribution in [1.29, 1.82) is 0 Å². The molecule has 1 aliphatic heterocycles. The third kappa shape index (κ3) is 5.48. The summed E-state index contributed by atoms with van der Waals surface area (Å²) >= 11 is 0. The van der Waals surface area contributed by atoms with Crippen LogP contribution < -0.4 is 24.8 Å². The molecule has 0 atom stereocenters. The van der Waals surface area contributed by atoms with Crippen molar-refractivity contribution in [2.24, 2.45) is 0 Å². The van der Waals surface area contributed by atoms with Crippen molar-refractivity contribution in [3.8, 4) is 11.5 Å². The summed E-state index contributed by atoms with van der Waals surface area (Å²) in [5, 5.41) is 5.43. The highest BCUT2D eigenvalue weighted by Crippen LogP contribution is 2.34. The lowest BCUT2D eigenvalue weighted by atomic mass is 10.1. The van der Waals surface area contributed by atoms with E-state index >= 15 is 0 Å². The van der Waals surface area contributed by atoms with E-state index in [4.69, 9.17) is 9.47 Å². The Kier molecular flexibility index (Phi) is 6.57. The Morgan fingerprint density at radius 1 is 0.848 bits per heavy atom. The zero-order chi connectivity index (χ0) is 23.3. The Morgan fingerprint density at radius 2 is 1.58 bits per heavy atom. The molecule has 0 aliphatic carbocycles. The summed E-state index contributed by atoms with van der Waals surface area (Å²) in [4.78, 5) is 25.3. The van der Waals surface area contributed by atoms with E-state index in [1.807, 2.05) is 0 Å². The number of rotatable bonds is 8. The molecular weight excluding hydrogens is 446 g/mol. The fourth-order valence-electron chi connectivity index (χ4n) is 3.16. The summed E-state index contributed by atoms with van der Waals surface area (Å²) in [6, 6.07) is 19.5. The maximum atomic E-state index is 12.8. The molecule has 3 aromatic rings. The van der Waals surface area contributed by atoms with Crippen LogP contribution >= 0.6 is 0 Å². The second kappa shape index (κ2) is 9.72. The van der Waals surface area contributed by atoms with Crippen molar-refractivity contribution < 1.29 is 27.5 Å². The van der Waals surface area contributed by atoms with Crippen molar-refractivity contribution in [1.82, 2.24) is 4.72 Å². The average molecular weight is 468 g/mol. The molecule has 0 unspecified atom stereocenters. The molecule has 0 bridgehead atoms. The van der Waals surface area contributed by atoms with Gasteiger partial charge in [-0.3, -0.25) is 9.59 Å². The second-order valence-corrected chi connectivity index (χ2v) is 8.84. The van der Waals surface area contributed by atoms with E-state index in [2.05, 4.69) is 15.4 Å². The molecule has 0 fully saturated rings. The van der Waals surface area contributed by atoms with Gasteiger partial charge in [0, 0.05) is 24.7 Å². The number of hydrogen-bond donors (Lipinski definition) is 3. The fourth-order valence-corrected chi connectivity index (χ4v) is 4.21. The number of anilines is 2. The molecule has 33 heavy (non-hydrogen) atoms. The molecule has 170 valence electrons. The number of fused-ring (bicyclic) bond motifs is 1. The third-order valence-electron chi connectivity index (χ3n) is 4.77. The molecule has 0 saturated carbocycles. The Morgan fingerprint density at radius 3 is 2.39 bits per heavy atom. The molecule has 9 nitrogen and oxygen atoms in total. The van der Waals surface area contributed by atoms with Gasteiger partial charge in [-0.2, -0.15) is 0 Å². The van der Waals surface area contributed by atoms with Gasteiger partial charge in [0.05, 0.1) is 16.1 Å². The van der Waals surface area contributed by atoms with Crippen LogP contribution in [0.15, 0.2) is 77.7 Å². The van der Waals surface area contributed by atoms with E-state index < -0.39 is 21.8 Å². The topological polar surface area (TPSA) is 123 Å². The monoisotopic (exact) mass is 467 g/mol. The minimum atomic E-state index is -3.70. The lowest BCUT2D eigenvalue weighted by Gasteiger charge is -2.12. The van der Waals surface area contributed by atoms with Crippen LogP contribution in [0.4, 0.5) is 11.4 Å². The summed E-state index contributed by atoms with van der Waals surface area (Å²) in [5.41, 5.74) is 1.08. The molecule has 0 saturated heterocycles. The van der Waals surface area contributed by atoms with Crippen LogP contribution in [0.2, 0.25) is 0 Å². The molecule has 3 N–H and O–H groups in total. The van der Waals surface area contributed by atoms with Crippen molar-refractivity contribution in [3.05, 3.63) is 78.4 Å². The van der Waals surface area contributed by atoms with Gasteiger partial charge in [0.15, 0.2) is 11.5 Å². The largest absolute Gasteiger partial charge is 0.454 e. The molecule has 3 aromatic carbocycles. The first-order valence-electron chi connectivity index (χ1n) is 10.1. The predicted octanol–water partition coefficient (Wildman–Crippen LogP) is 2.97. The van der Waals surface area contributed by atoms with Gasteiger partial charge in [-0.05, 0) is 36.4 Å². The van der Waals surface area contributed by atoms with Gasteiger partial charge in [0.2, 0.25) is 22.7 Å². The first-order valence-corrected chi connectivity index (χ1v) is 11.6. The highest BCUT2D eigenvalue weighted by atomic mass is 32.2. The first-order chi connectivity index (χ1) is 15.9. The maximum Gasteiger partial charge on any atom is 0.257 e. The summed E-state index contributed by atoms with van der Waals surface area (Å²) < 4.78 is 37.5. The lowest BCUT2D eigenvalue weighted by molar-refractivity contribution is -0.116. The second-order valence-electron chi connectivity index (χ2n) is 7.08. The van der Waals surface area contributed by atoms with E-state index in [1.54, 1.807) is 60.7 Å². The molecule has 1 aliphatic rings. The van der Waals surface area contributed by atoms with Crippen LogP contribution in [0.3, 0.4) is 0 Å². The molecule has 0 spiro atoms. The van der Waals surface area contributed by atoms with Crippen LogP contribution in [-0.2, 0) is 14.8 Å². The number of carbonyl (C=O) groups is 2. The van der Waals surface area contributed by atoms with Gasteiger partial charge >= 0.3 is 0 Å². The van der Waals surface area contributed by atoms with Crippen LogP contribution in [0.25, 0.3) is 0 Å². The summed E-state index contributed by atoms with van der Waals surface area (Å²) in [6.07, 6.45) is -0.107. The normalized spacial score (nSPS) is 12.2. The van der Waals surface area contributed by atoms with E-state index in [0.717, 1.165) is 0 Å². The Bertz CT molecular complexity index is 1280. The van der Waals surface area contributed by atoms with Crippen LogP contribution in [0, 0.1) is 0 Å². The lowest BCUT2D eigenvalue weighted by Crippen LogP contribution is -2.28. The van der Waals surface area contributed by atoms with E-state index in [1.165, 1.54) is 12.1 Å². The van der Waals surface area contributed by atoms with E-state index in [0.29, 0.717) is 22.9 Å². The van der Waals surface area contributed by atoms with Gasteiger partial charge in [-0.25, -0.2) is 13.1 Å². The number of amides is 2. The van der Waals surface area contributed by atoms with Crippen LogP contribution in [0.1, 0.15) is 16.8 Å². The van der Waals surface area contributed by atoms with Gasteiger partial charge < -0.3 is 20.1 Å². The number of carbonyl (C=O) groups excluding carboxylic acids is 2. The minimum absolute atomic E-state index is 0.0887. The minimum Gasteiger partial charge on any atom is -0.454 e. The summed E-state index contributed by atoms with van der Waals surface area (Å²) in [7, 11) is -3.70. The number of benzene rings is 3. The Balaban J connectivity index is 1.36. The highest BCUT2D eigenvalue weighted by Gasteiger charge is 2.18. The van der Waals surface area contributed by atoms with E-state index in [9.17, 15) is 18.0 Å². The number of nitrogens with one attached hydrogen (secondary N) is 3. The third-order valence-corrected chi connectivity index (χ3v) is 6.25. The smallest absolute Gasteiger partial charge is 0.257 e. The molecule has 1 heterocycles. The molecule has 0 aromatic heterocycles. The molecule has 2 amide bonds. The van der Waals surface area contributed by atoms with Gasteiger partial charge in [-0.15, -0.1) is 0 Å². The zero-order valence-electron chi connectivity index (χ0n) is 17.4. The van der Waals surface area contributed by atoms with Gasteiger partial charge in [0.1, 0.15) is 0 Å². The SMILES string of the molecule is O=C(CCNS(=O)(=O)c1ccccc1)Nc1ccccc1C(=O)Nc1ccc2c(c1)OCO2. The predicted molar refractivity (Wildman–Crippen MR) is 122 cm³/mol. The zero-order valence-corrected chi connectivity index (χ0v) is 18.2. The fraction of sp³-hybridized carbons (Fsp3) is 0.130. The molecule has 0 radical (unpaired) electrons. The van der Waals surface area contributed by atoms with Crippen molar-refractivity contribution in [3.63, 3.8) is 0 Å². The van der Waals surface area contributed by atoms with Crippen LogP contribution in [0.5, 0.6) is 11.5 Å². The molecule has 10 heteroatoms. The number of ether oxygens (including phenoxy) is 2. The summed E-state index contributed by atoms with van der Waals surface area (Å²) in [5.74, 6) is 0.277. The standard InChI is InChI=1S/C23H21N3O6S/c27-22(12-13-24-33(29,30)17-6-2-1-3-7-17)26-19-9-5-4-8-18(19)23(28)25-16-10-11-20-21(14-16)32-15-31-20/h1-11,14,24H,12-13,15H2,(H,25,28)(H,26,27). The van der Waals surface area contributed by atoms with Crippen LogP contribution in [-0.4, -0.2) is 33.6 Å². The van der Waals surface area contributed by atoms with Gasteiger partial charge in [-0.1, -0.05) is 30.3 Å². The molecule has 4 rings (SSSR count). The average Bonchev–Trinajstić information content (AvgIpc) is 3.28. The van der Waals surface area contributed by atoms with Gasteiger partial charge in [0.25, 0.3) is 5.91 Å². The quantitative estimate of drug-likeness (QED) is 0.468. The number of sulfonamides is 1. The summed E-state index contributed by atoms with van der Waals surface area (Å²) in [6.45, 7) is 0.0394. The Labute approximate surface area is 190 Å². The van der Waals surface area contributed by atoms with Crippen molar-refractivity contribution >= 4 is 33.2 Å². The Hall–Kier alpha value is -3.89. The number of para-hydroxylation sites is 1. The number of hydrogen-bond acceptors (Lipinski definition) is 6. The van der Waals surface area contributed by atoms with E-state index in [-0.39, 0.29) is 30.2 Å².